The fraction of sp³-hybridized carbons (Fsp3) is 0.444. The molecule has 134 valence electrons. The number of nitrogens with one attached hydrogen (secondary N) is 1. The van der Waals surface area contributed by atoms with Crippen LogP contribution >= 0.6 is 11.6 Å². The number of halogens is 1. The number of H-pyrrole nitrogens is 1. The molecule has 6 nitrogen and oxygen atoms in total. The molecule has 3 rings (SSSR count). The molecule has 2 N–H and O–H groups in total. The van der Waals surface area contributed by atoms with Crippen LogP contribution in [0.15, 0.2) is 24.4 Å². The van der Waals surface area contributed by atoms with Crippen LogP contribution in [-0.2, 0) is 6.54 Å². The maximum absolute atomic E-state index is 12.8. The highest BCUT2D eigenvalue weighted by atomic mass is 35.5. The van der Waals surface area contributed by atoms with Crippen LogP contribution in [0.4, 0.5) is 5.69 Å². The highest BCUT2D eigenvalue weighted by Gasteiger charge is 2.20. The molecule has 1 saturated heterocycles. The number of amides is 1. The lowest BCUT2D eigenvalue weighted by molar-refractivity contribution is 0.0705. The molecule has 0 radical (unpaired) electrons. The zero-order valence-corrected chi connectivity index (χ0v) is 15.1. The monoisotopic (exact) mass is 362 g/mol. The number of nitrogens with zero attached hydrogens (tertiary/aromatic N) is 3. The van der Waals surface area contributed by atoms with Crippen molar-refractivity contribution in [1.82, 2.24) is 14.9 Å². The van der Waals surface area contributed by atoms with E-state index >= 15 is 0 Å². The van der Waals surface area contributed by atoms with Crippen LogP contribution in [0.25, 0.3) is 0 Å². The second-order valence-electron chi connectivity index (χ2n) is 6.30. The quantitative estimate of drug-likeness (QED) is 0.828. The van der Waals surface area contributed by atoms with Crippen molar-refractivity contribution in [3.05, 3.63) is 46.5 Å². The second-order valence-corrected chi connectivity index (χ2v) is 6.71. The first-order valence-electron chi connectivity index (χ1n) is 8.53. The van der Waals surface area contributed by atoms with Gasteiger partial charge < -0.3 is 19.9 Å². The Morgan fingerprint density at radius 1 is 1.40 bits per heavy atom. The number of aliphatic hydroxyl groups excluding tert-OH is 1. The molecule has 2 aromatic rings. The Balaban J connectivity index is 1.77. The number of anilines is 1. The van der Waals surface area contributed by atoms with Crippen LogP contribution in [0.2, 0.25) is 5.02 Å². The van der Waals surface area contributed by atoms with Gasteiger partial charge in [-0.25, -0.2) is 4.98 Å². The van der Waals surface area contributed by atoms with Gasteiger partial charge in [-0.1, -0.05) is 11.6 Å². The smallest absolute Gasteiger partial charge is 0.254 e. The summed E-state index contributed by atoms with van der Waals surface area (Å²) in [6, 6.07) is 5.45. The van der Waals surface area contributed by atoms with Crippen molar-refractivity contribution in [2.45, 2.75) is 26.3 Å². The van der Waals surface area contributed by atoms with Crippen LogP contribution in [-0.4, -0.2) is 52.1 Å². The van der Waals surface area contributed by atoms with Crippen molar-refractivity contribution < 1.29 is 9.90 Å². The van der Waals surface area contributed by atoms with E-state index in [0.29, 0.717) is 17.1 Å². The average Bonchev–Trinajstić information content (AvgIpc) is 3.25. The summed E-state index contributed by atoms with van der Waals surface area (Å²) in [5.41, 5.74) is 2.34. The standard InChI is InChI=1S/C18H23ClN4O2/c1-13-20-11-15(21-13)12-23(8-9-24)18(25)14-4-5-17(16(19)10-14)22-6-2-3-7-22/h4-5,10-11,24H,2-3,6-9,12H2,1H3,(H,20,21). The first-order valence-corrected chi connectivity index (χ1v) is 8.91. The molecule has 1 fully saturated rings. The topological polar surface area (TPSA) is 72.5 Å². The lowest BCUT2D eigenvalue weighted by Crippen LogP contribution is -2.33. The summed E-state index contributed by atoms with van der Waals surface area (Å²) in [6.07, 6.45) is 4.05. The highest BCUT2D eigenvalue weighted by molar-refractivity contribution is 6.33. The van der Waals surface area contributed by atoms with Gasteiger partial charge in [-0.05, 0) is 38.0 Å². The van der Waals surface area contributed by atoms with Crippen LogP contribution < -0.4 is 4.90 Å². The number of aryl methyl sites for hydroxylation is 1. The summed E-state index contributed by atoms with van der Waals surface area (Å²) in [5.74, 6) is 0.639. The number of hydrogen-bond acceptors (Lipinski definition) is 4. The molecule has 7 heteroatoms. The third-order valence-corrected chi connectivity index (χ3v) is 4.72. The maximum atomic E-state index is 12.8. The molecule has 1 amide bonds. The number of rotatable bonds is 6. The van der Waals surface area contributed by atoms with Gasteiger partial charge in [0.05, 0.1) is 35.8 Å². The summed E-state index contributed by atoms with van der Waals surface area (Å²) in [4.78, 5) is 23.9. The number of carbonyl (C=O) groups excluding carboxylic acids is 1. The Bertz CT molecular complexity index is 740. The minimum absolute atomic E-state index is 0.0988. The van der Waals surface area contributed by atoms with E-state index < -0.39 is 0 Å². The maximum Gasteiger partial charge on any atom is 0.254 e. The van der Waals surface area contributed by atoms with E-state index in [9.17, 15) is 9.90 Å². The van der Waals surface area contributed by atoms with E-state index in [1.54, 1.807) is 17.2 Å². The predicted octanol–water partition coefficient (Wildman–Crippen LogP) is 2.61. The van der Waals surface area contributed by atoms with Gasteiger partial charge in [-0.2, -0.15) is 0 Å². The normalized spacial score (nSPS) is 14.1. The molecule has 0 unspecified atom stereocenters. The van der Waals surface area contributed by atoms with Crippen molar-refractivity contribution in [1.29, 1.82) is 0 Å². The van der Waals surface area contributed by atoms with Crippen molar-refractivity contribution in [2.75, 3.05) is 31.1 Å². The first kappa shape index (κ1) is 17.8. The Morgan fingerprint density at radius 2 is 2.16 bits per heavy atom. The summed E-state index contributed by atoms with van der Waals surface area (Å²) < 4.78 is 0. The molecule has 0 bridgehead atoms. The second kappa shape index (κ2) is 7.89. The average molecular weight is 363 g/mol. The molecular weight excluding hydrogens is 340 g/mol. The molecule has 0 atom stereocenters. The van der Waals surface area contributed by atoms with Gasteiger partial charge in [0.25, 0.3) is 5.91 Å². The fourth-order valence-corrected chi connectivity index (χ4v) is 3.47. The Labute approximate surface area is 152 Å². The van der Waals surface area contributed by atoms with Crippen LogP contribution in [0.1, 0.15) is 34.7 Å². The summed E-state index contributed by atoms with van der Waals surface area (Å²) >= 11 is 6.42. The third-order valence-electron chi connectivity index (χ3n) is 4.42. The number of aromatic nitrogens is 2. The van der Waals surface area contributed by atoms with Gasteiger partial charge in [0.2, 0.25) is 0 Å². The predicted molar refractivity (Wildman–Crippen MR) is 98.1 cm³/mol. The Hall–Kier alpha value is -2.05. The number of aromatic amines is 1. The van der Waals surface area contributed by atoms with Crippen molar-refractivity contribution in [2.24, 2.45) is 0 Å². The molecule has 1 aromatic heterocycles. The summed E-state index contributed by atoms with van der Waals surface area (Å²) in [6.45, 7) is 4.39. The van der Waals surface area contributed by atoms with Crippen molar-refractivity contribution in [3.63, 3.8) is 0 Å². The largest absolute Gasteiger partial charge is 0.395 e. The molecule has 0 spiro atoms. The van der Waals surface area contributed by atoms with E-state index in [2.05, 4.69) is 14.9 Å². The SMILES string of the molecule is Cc1ncc(CN(CCO)C(=O)c2ccc(N3CCCC3)c(Cl)c2)[nH]1. The number of carbonyl (C=O) groups is 1. The lowest BCUT2D eigenvalue weighted by Gasteiger charge is -2.23. The highest BCUT2D eigenvalue weighted by Crippen LogP contribution is 2.30. The zero-order chi connectivity index (χ0) is 17.8. The summed E-state index contributed by atoms with van der Waals surface area (Å²) in [5, 5.41) is 9.90. The van der Waals surface area contributed by atoms with Crippen LogP contribution in [0.3, 0.4) is 0 Å². The van der Waals surface area contributed by atoms with E-state index in [0.717, 1.165) is 30.3 Å². The minimum Gasteiger partial charge on any atom is -0.395 e. The molecule has 0 aliphatic carbocycles. The number of imidazole rings is 1. The molecule has 0 saturated carbocycles. The summed E-state index contributed by atoms with van der Waals surface area (Å²) in [7, 11) is 0. The van der Waals surface area contributed by atoms with Gasteiger partial charge in [0.1, 0.15) is 5.82 Å². The van der Waals surface area contributed by atoms with Crippen molar-refractivity contribution >= 4 is 23.2 Å². The number of aliphatic hydroxyl groups is 1. The molecule has 1 aromatic carbocycles. The van der Waals surface area contributed by atoms with E-state index in [1.165, 1.54) is 12.8 Å². The molecule has 1 aliphatic rings. The molecule has 1 aliphatic heterocycles. The van der Waals surface area contributed by atoms with Gasteiger partial charge in [0.15, 0.2) is 0 Å². The molecule has 25 heavy (non-hydrogen) atoms. The van der Waals surface area contributed by atoms with Crippen LogP contribution in [0.5, 0.6) is 0 Å². The van der Waals surface area contributed by atoms with Gasteiger partial charge in [0, 0.05) is 25.2 Å². The van der Waals surface area contributed by atoms with Gasteiger partial charge in [-0.15, -0.1) is 0 Å². The molecule has 2 heterocycles. The van der Waals surface area contributed by atoms with Gasteiger partial charge in [-0.3, -0.25) is 4.79 Å². The van der Waals surface area contributed by atoms with Gasteiger partial charge >= 0.3 is 0 Å². The Morgan fingerprint density at radius 3 is 2.76 bits per heavy atom. The minimum atomic E-state index is -0.156. The van der Waals surface area contributed by atoms with Crippen molar-refractivity contribution in [3.8, 4) is 0 Å². The molecular formula is C18H23ClN4O2. The van der Waals surface area contributed by atoms with E-state index in [-0.39, 0.29) is 19.1 Å². The number of benzene rings is 1. The fourth-order valence-electron chi connectivity index (χ4n) is 3.17. The van der Waals surface area contributed by atoms with E-state index in [1.807, 2.05) is 19.1 Å². The lowest BCUT2D eigenvalue weighted by atomic mass is 10.1. The van der Waals surface area contributed by atoms with Crippen LogP contribution in [0, 0.1) is 6.92 Å². The zero-order valence-electron chi connectivity index (χ0n) is 14.3. The number of hydrogen-bond donors (Lipinski definition) is 2. The first-order chi connectivity index (χ1) is 12.1. The Kier molecular flexibility index (Phi) is 5.60. The van der Waals surface area contributed by atoms with E-state index in [4.69, 9.17) is 11.6 Å². The third kappa shape index (κ3) is 4.14.